The predicted molar refractivity (Wildman–Crippen MR) is 220 cm³/mol. The van der Waals surface area contributed by atoms with Gasteiger partial charge in [-0.1, -0.05) is 137 Å². The van der Waals surface area contributed by atoms with Gasteiger partial charge in [0, 0.05) is 10.8 Å². The van der Waals surface area contributed by atoms with E-state index in [2.05, 4.69) is 161 Å². The third kappa shape index (κ3) is 5.24. The summed E-state index contributed by atoms with van der Waals surface area (Å²) in [6, 6.07) is 32.4. The molecule has 0 spiro atoms. The molecule has 4 unspecified atom stereocenters. The molecular weight excluding hydrogens is 626 g/mol. The van der Waals surface area contributed by atoms with Crippen molar-refractivity contribution in [2.24, 2.45) is 10.8 Å². The summed E-state index contributed by atoms with van der Waals surface area (Å²) in [6.45, 7) is 26.4. The zero-order chi connectivity index (χ0) is 35.0. The minimum atomic E-state index is -0.539. The third-order valence-corrected chi connectivity index (χ3v) is 17.1. The molecule has 0 aromatic heterocycles. The molecular formula is C47H52P2. The van der Waals surface area contributed by atoms with Gasteiger partial charge in [0.25, 0.3) is 0 Å². The van der Waals surface area contributed by atoms with Crippen LogP contribution in [0.5, 0.6) is 0 Å². The fraction of sp³-hybridized carbons (Fsp3) is 0.319. The summed E-state index contributed by atoms with van der Waals surface area (Å²) in [5, 5.41) is 6.51. The molecule has 2 heteroatoms. The lowest BCUT2D eigenvalue weighted by molar-refractivity contribution is 0.512. The average Bonchev–Trinajstić information content (AvgIpc) is 3.50. The van der Waals surface area contributed by atoms with Crippen molar-refractivity contribution in [3.8, 4) is 0 Å². The van der Waals surface area contributed by atoms with Crippen LogP contribution in [0.1, 0.15) is 96.7 Å². The van der Waals surface area contributed by atoms with Gasteiger partial charge in [-0.05, 0) is 153 Å². The Morgan fingerprint density at radius 3 is 1.53 bits per heavy atom. The largest absolute Gasteiger partial charge is 0.0642 e. The zero-order valence-corrected chi connectivity index (χ0v) is 33.3. The summed E-state index contributed by atoms with van der Waals surface area (Å²) in [6.07, 6.45) is 2.29. The first kappa shape index (κ1) is 34.2. The topological polar surface area (TPSA) is 0 Å². The number of aryl methyl sites for hydroxylation is 6. The van der Waals surface area contributed by atoms with E-state index >= 15 is 0 Å². The molecule has 4 aromatic rings. The van der Waals surface area contributed by atoms with Crippen LogP contribution in [-0.4, -0.2) is 6.16 Å². The molecule has 0 nitrogen and oxygen atoms in total. The molecule has 0 N–H and O–H groups in total. The lowest BCUT2D eigenvalue weighted by atomic mass is 9.68. The van der Waals surface area contributed by atoms with E-state index < -0.39 is 7.92 Å². The Balaban J connectivity index is 1.49. The summed E-state index contributed by atoms with van der Waals surface area (Å²) < 4.78 is 0. The van der Waals surface area contributed by atoms with Crippen molar-refractivity contribution in [1.82, 2.24) is 0 Å². The monoisotopic (exact) mass is 678 g/mol. The Morgan fingerprint density at radius 2 is 1.04 bits per heavy atom. The highest BCUT2D eigenvalue weighted by Crippen LogP contribution is 2.81. The van der Waals surface area contributed by atoms with Gasteiger partial charge in [0.1, 0.15) is 0 Å². The number of allylic oxidation sites excluding steroid dienone is 6. The summed E-state index contributed by atoms with van der Waals surface area (Å²) >= 11 is 0. The van der Waals surface area contributed by atoms with E-state index in [1.807, 2.05) is 0 Å². The fourth-order valence-electron chi connectivity index (χ4n) is 9.51. The van der Waals surface area contributed by atoms with Crippen molar-refractivity contribution < 1.29 is 0 Å². The quantitative estimate of drug-likeness (QED) is 0.178. The van der Waals surface area contributed by atoms with Crippen LogP contribution in [0.15, 0.2) is 107 Å². The summed E-state index contributed by atoms with van der Waals surface area (Å²) in [7, 11) is 0.0790. The smallest absolute Gasteiger partial charge is 0.0198 e. The number of hydrogen-bond donors (Lipinski definition) is 0. The summed E-state index contributed by atoms with van der Waals surface area (Å²) in [5.41, 5.74) is 20.4. The van der Waals surface area contributed by atoms with Crippen LogP contribution >= 0.6 is 16.5 Å². The van der Waals surface area contributed by atoms with E-state index in [1.54, 1.807) is 43.5 Å². The van der Waals surface area contributed by atoms with Gasteiger partial charge in [-0.3, -0.25) is 0 Å². The lowest BCUT2D eigenvalue weighted by Crippen LogP contribution is -2.25. The van der Waals surface area contributed by atoms with Gasteiger partial charge in [0.2, 0.25) is 0 Å². The van der Waals surface area contributed by atoms with Crippen LogP contribution in [0.2, 0.25) is 0 Å². The van der Waals surface area contributed by atoms with Gasteiger partial charge in [0.15, 0.2) is 0 Å². The SMILES string of the molecule is CCC1(C)C(C)=C(C2=C(C)C3(C)CP2C(c2ccccc2)=C3c2c(C)cc(C)cc2C)PC(c2ccccc2)=C1c1c(C)cc(C)cc1C. The average molecular weight is 679 g/mol. The maximum absolute atomic E-state index is 2.58. The van der Waals surface area contributed by atoms with E-state index in [0.29, 0.717) is 8.58 Å². The Bertz CT molecular complexity index is 2090. The van der Waals surface area contributed by atoms with Crippen LogP contribution < -0.4 is 0 Å². The molecule has 4 aromatic carbocycles. The van der Waals surface area contributed by atoms with E-state index in [9.17, 15) is 0 Å². The molecule has 0 fully saturated rings. The second-order valence-corrected chi connectivity index (χ2v) is 18.8. The standard InChI is InChI=1S/C47H52P2/c1-12-46(10)34(8)42(48-43(36-19-15-13-16-20-36)40(46)38-30(4)23-28(2)24-31(38)5)44-35(9)47(11)27-49(44)45(37-21-17-14-18-22-37)41(47)39-32(6)25-29(3)26-33(39)7/h13-26,48H,12,27H2,1-11H3. The highest BCUT2D eigenvalue weighted by Gasteiger charge is 2.54. The van der Waals surface area contributed by atoms with Gasteiger partial charge in [-0.25, -0.2) is 0 Å². The van der Waals surface area contributed by atoms with Crippen LogP contribution in [0, 0.1) is 52.4 Å². The normalized spacial score (nSPS) is 24.3. The van der Waals surface area contributed by atoms with Crippen LogP contribution in [0.4, 0.5) is 0 Å². The maximum atomic E-state index is 2.58. The molecule has 7 rings (SSSR count). The van der Waals surface area contributed by atoms with Crippen molar-refractivity contribution in [3.63, 3.8) is 0 Å². The van der Waals surface area contributed by atoms with Gasteiger partial charge in [-0.2, -0.15) is 0 Å². The number of rotatable bonds is 6. The molecule has 3 heterocycles. The Morgan fingerprint density at radius 1 is 0.571 bits per heavy atom. The second kappa shape index (κ2) is 12.5. The van der Waals surface area contributed by atoms with Crippen molar-refractivity contribution >= 4 is 38.3 Å². The number of hydrogen-bond acceptors (Lipinski definition) is 0. The third-order valence-electron chi connectivity index (χ3n) is 12.1. The van der Waals surface area contributed by atoms with Crippen molar-refractivity contribution in [2.45, 2.75) is 82.6 Å². The first-order valence-corrected chi connectivity index (χ1v) is 20.6. The highest BCUT2D eigenvalue weighted by molar-refractivity contribution is 7.75. The zero-order valence-electron chi connectivity index (χ0n) is 31.4. The molecule has 0 saturated heterocycles. The molecule has 250 valence electrons. The highest BCUT2D eigenvalue weighted by atomic mass is 31.1. The molecule has 4 atom stereocenters. The molecule has 0 radical (unpaired) electrons. The van der Waals surface area contributed by atoms with Crippen molar-refractivity contribution in [1.29, 1.82) is 0 Å². The molecule has 0 amide bonds. The van der Waals surface area contributed by atoms with Crippen molar-refractivity contribution in [2.75, 3.05) is 6.16 Å². The molecule has 3 aliphatic heterocycles. The Labute approximate surface area is 299 Å². The first-order valence-electron chi connectivity index (χ1n) is 18.1. The number of fused-ring (bicyclic) bond motifs is 2. The van der Waals surface area contributed by atoms with E-state index in [1.165, 1.54) is 61.8 Å². The van der Waals surface area contributed by atoms with Crippen LogP contribution in [0.3, 0.4) is 0 Å². The van der Waals surface area contributed by atoms with Gasteiger partial charge < -0.3 is 0 Å². The van der Waals surface area contributed by atoms with Gasteiger partial charge in [-0.15, -0.1) is 0 Å². The molecule has 0 aliphatic carbocycles. The molecule has 49 heavy (non-hydrogen) atoms. The lowest BCUT2D eigenvalue weighted by Gasteiger charge is -2.43. The van der Waals surface area contributed by atoms with E-state index in [0.717, 1.165) is 6.42 Å². The van der Waals surface area contributed by atoms with Crippen LogP contribution in [0.25, 0.3) is 21.8 Å². The fourth-order valence-corrected chi connectivity index (χ4v) is 15.7. The summed E-state index contributed by atoms with van der Waals surface area (Å²) in [5.74, 6) is 0. The van der Waals surface area contributed by atoms with Gasteiger partial charge in [0.05, 0.1) is 0 Å². The van der Waals surface area contributed by atoms with E-state index in [-0.39, 0.29) is 10.8 Å². The second-order valence-electron chi connectivity index (χ2n) is 15.5. The Kier molecular flexibility index (Phi) is 8.70. The van der Waals surface area contributed by atoms with Gasteiger partial charge >= 0.3 is 0 Å². The minimum Gasteiger partial charge on any atom is -0.0642 e. The molecule has 0 saturated carbocycles. The summed E-state index contributed by atoms with van der Waals surface area (Å²) in [4.78, 5) is 0. The number of benzene rings is 4. The maximum Gasteiger partial charge on any atom is 0.0198 e. The molecule has 3 aliphatic rings. The minimum absolute atomic E-state index is 0.0123. The van der Waals surface area contributed by atoms with Crippen LogP contribution in [-0.2, 0) is 0 Å². The Hall–Kier alpha value is -3.30. The first-order chi connectivity index (χ1) is 23.3. The molecule has 2 bridgehead atoms. The van der Waals surface area contributed by atoms with Crippen molar-refractivity contribution in [3.05, 3.63) is 162 Å². The predicted octanol–water partition coefficient (Wildman–Crippen LogP) is 14.1. The van der Waals surface area contributed by atoms with E-state index in [4.69, 9.17) is 0 Å².